The normalized spacial score (nSPS) is 14.5. The van der Waals surface area contributed by atoms with Gasteiger partial charge in [-0.2, -0.15) is 9.40 Å². The van der Waals surface area contributed by atoms with Gasteiger partial charge < -0.3 is 4.74 Å². The molecule has 1 aliphatic heterocycles. The molecule has 0 atom stereocenters. The van der Waals surface area contributed by atoms with Crippen molar-refractivity contribution in [2.24, 2.45) is 7.05 Å². The molecule has 1 aliphatic rings. The summed E-state index contributed by atoms with van der Waals surface area (Å²) in [6.45, 7) is 7.30. The first-order valence-electron chi connectivity index (χ1n) is 10.6. The topological polar surface area (TPSA) is 64.4 Å². The minimum Gasteiger partial charge on any atom is -0.370 e. The van der Waals surface area contributed by atoms with E-state index in [9.17, 15) is 8.42 Å². The van der Waals surface area contributed by atoms with Crippen molar-refractivity contribution in [3.05, 3.63) is 80.6 Å². The van der Waals surface area contributed by atoms with Crippen molar-refractivity contribution < 1.29 is 13.2 Å². The maximum absolute atomic E-state index is 13.5. The molecule has 0 saturated carbocycles. The molecule has 0 N–H and O–H groups in total. The lowest BCUT2D eigenvalue weighted by Crippen LogP contribution is -2.36. The quantitative estimate of drug-likeness (QED) is 0.530. The molecule has 0 aliphatic carbocycles. The highest BCUT2D eigenvalue weighted by molar-refractivity contribution is 7.89. The molecule has 3 aromatic rings. The molecule has 32 heavy (non-hydrogen) atoms. The summed E-state index contributed by atoms with van der Waals surface area (Å²) < 4.78 is 36.3. The summed E-state index contributed by atoms with van der Waals surface area (Å²) in [4.78, 5) is 0.383. The SMILES string of the molecule is Cc1cc(C)c(S(=O)(=O)N2CCc3c(c(COCc4ccc(Cl)cc4)nn3C)C2)cc1C. The molecule has 0 fully saturated rings. The van der Waals surface area contributed by atoms with Crippen LogP contribution in [-0.2, 0) is 48.0 Å². The summed E-state index contributed by atoms with van der Waals surface area (Å²) in [6.07, 6.45) is 0.624. The van der Waals surface area contributed by atoms with Gasteiger partial charge in [0.15, 0.2) is 0 Å². The molecular formula is C24H28ClN3O3S. The van der Waals surface area contributed by atoms with Crippen LogP contribution in [0.15, 0.2) is 41.3 Å². The van der Waals surface area contributed by atoms with E-state index in [-0.39, 0.29) is 0 Å². The molecule has 0 unspecified atom stereocenters. The van der Waals surface area contributed by atoms with E-state index in [0.29, 0.717) is 42.6 Å². The van der Waals surface area contributed by atoms with Crippen molar-refractivity contribution in [1.29, 1.82) is 0 Å². The predicted octanol–water partition coefficient (Wildman–Crippen LogP) is 4.46. The Morgan fingerprint density at radius 3 is 2.44 bits per heavy atom. The van der Waals surface area contributed by atoms with E-state index in [2.05, 4.69) is 5.10 Å². The number of nitrogens with zero attached hydrogens (tertiary/aromatic N) is 3. The van der Waals surface area contributed by atoms with Gasteiger partial charge in [0.25, 0.3) is 0 Å². The highest BCUT2D eigenvalue weighted by Gasteiger charge is 2.33. The maximum Gasteiger partial charge on any atom is 0.243 e. The number of sulfonamides is 1. The Morgan fingerprint density at radius 2 is 1.72 bits per heavy atom. The van der Waals surface area contributed by atoms with Crippen molar-refractivity contribution in [2.45, 2.75) is 51.8 Å². The Morgan fingerprint density at radius 1 is 1.03 bits per heavy atom. The summed E-state index contributed by atoms with van der Waals surface area (Å²) >= 11 is 5.94. The zero-order valence-electron chi connectivity index (χ0n) is 18.9. The number of benzene rings is 2. The number of aryl methyl sites for hydroxylation is 4. The van der Waals surface area contributed by atoms with Gasteiger partial charge >= 0.3 is 0 Å². The monoisotopic (exact) mass is 473 g/mol. The Hall–Kier alpha value is -2.19. The van der Waals surface area contributed by atoms with Crippen LogP contribution in [-0.4, -0.2) is 29.0 Å². The van der Waals surface area contributed by atoms with Crippen LogP contribution < -0.4 is 0 Å². The third-order valence-electron chi connectivity index (χ3n) is 6.12. The number of hydrogen-bond acceptors (Lipinski definition) is 4. The summed E-state index contributed by atoms with van der Waals surface area (Å²) in [6, 6.07) is 11.3. The lowest BCUT2D eigenvalue weighted by Gasteiger charge is -2.28. The number of halogens is 1. The molecule has 0 radical (unpaired) electrons. The molecule has 170 valence electrons. The zero-order valence-corrected chi connectivity index (χ0v) is 20.4. The summed E-state index contributed by atoms with van der Waals surface area (Å²) in [5.74, 6) is 0. The van der Waals surface area contributed by atoms with Gasteiger partial charge in [-0.1, -0.05) is 29.8 Å². The summed E-state index contributed by atoms with van der Waals surface area (Å²) in [7, 11) is -1.70. The van der Waals surface area contributed by atoms with Gasteiger partial charge in [-0.05, 0) is 61.2 Å². The molecule has 6 nitrogen and oxygen atoms in total. The second kappa shape index (κ2) is 8.98. The molecule has 0 spiro atoms. The maximum atomic E-state index is 13.5. The number of ether oxygens (including phenoxy) is 1. The predicted molar refractivity (Wildman–Crippen MR) is 125 cm³/mol. The van der Waals surface area contributed by atoms with Crippen molar-refractivity contribution in [3.63, 3.8) is 0 Å². The van der Waals surface area contributed by atoms with E-state index < -0.39 is 10.0 Å². The molecule has 2 heterocycles. The number of rotatable bonds is 6. The van der Waals surface area contributed by atoms with Crippen LogP contribution >= 0.6 is 11.6 Å². The van der Waals surface area contributed by atoms with E-state index in [0.717, 1.165) is 39.2 Å². The first-order valence-corrected chi connectivity index (χ1v) is 12.4. The fourth-order valence-corrected chi connectivity index (χ4v) is 5.99. The van der Waals surface area contributed by atoms with Gasteiger partial charge in [-0.3, -0.25) is 4.68 Å². The van der Waals surface area contributed by atoms with Crippen LogP contribution in [0.4, 0.5) is 0 Å². The van der Waals surface area contributed by atoms with Crippen LogP contribution in [0.1, 0.15) is 39.2 Å². The molecule has 0 amide bonds. The fraction of sp³-hybridized carbons (Fsp3) is 0.375. The minimum absolute atomic E-state index is 0.303. The third-order valence-corrected chi connectivity index (χ3v) is 8.36. The molecule has 0 saturated heterocycles. The van der Waals surface area contributed by atoms with Crippen LogP contribution in [0.2, 0.25) is 5.02 Å². The molecule has 0 bridgehead atoms. The largest absolute Gasteiger partial charge is 0.370 e. The Balaban J connectivity index is 1.54. The highest BCUT2D eigenvalue weighted by atomic mass is 35.5. The van der Waals surface area contributed by atoms with Gasteiger partial charge in [0.1, 0.15) is 0 Å². The Labute approximate surface area is 194 Å². The zero-order chi connectivity index (χ0) is 23.0. The van der Waals surface area contributed by atoms with E-state index in [1.165, 1.54) is 0 Å². The lowest BCUT2D eigenvalue weighted by molar-refractivity contribution is 0.103. The third kappa shape index (κ3) is 4.48. The smallest absolute Gasteiger partial charge is 0.243 e. The van der Waals surface area contributed by atoms with Gasteiger partial charge in [0, 0.05) is 42.8 Å². The first kappa shape index (κ1) is 23.0. The van der Waals surface area contributed by atoms with Gasteiger partial charge in [-0.15, -0.1) is 0 Å². The lowest BCUT2D eigenvalue weighted by atomic mass is 10.1. The molecule has 2 aromatic carbocycles. The highest BCUT2D eigenvalue weighted by Crippen LogP contribution is 2.30. The Kier molecular flexibility index (Phi) is 6.45. The second-order valence-electron chi connectivity index (χ2n) is 8.41. The summed E-state index contributed by atoms with van der Waals surface area (Å²) in [5, 5.41) is 5.31. The van der Waals surface area contributed by atoms with E-state index in [1.807, 2.05) is 62.8 Å². The second-order valence-corrected chi connectivity index (χ2v) is 10.7. The molecule has 4 rings (SSSR count). The molecule has 8 heteroatoms. The van der Waals surface area contributed by atoms with Crippen LogP contribution in [0.5, 0.6) is 0 Å². The van der Waals surface area contributed by atoms with Gasteiger partial charge in [-0.25, -0.2) is 8.42 Å². The number of hydrogen-bond donors (Lipinski definition) is 0. The van der Waals surface area contributed by atoms with E-state index in [1.54, 1.807) is 10.4 Å². The summed E-state index contributed by atoms with van der Waals surface area (Å²) in [5.41, 5.74) is 6.66. The average molecular weight is 474 g/mol. The standard InChI is InChI=1S/C24H28ClN3O3S/c1-16-11-18(3)24(12-17(16)2)32(29,30)28-10-9-23-21(13-28)22(26-27(23)4)15-31-14-19-5-7-20(25)8-6-19/h5-8,11-12H,9-10,13-15H2,1-4H3. The van der Waals surface area contributed by atoms with Crippen LogP contribution in [0, 0.1) is 20.8 Å². The fourth-order valence-electron chi connectivity index (χ4n) is 4.16. The molecule has 1 aromatic heterocycles. The minimum atomic E-state index is -3.61. The van der Waals surface area contributed by atoms with Crippen molar-refractivity contribution >= 4 is 21.6 Å². The van der Waals surface area contributed by atoms with E-state index in [4.69, 9.17) is 16.3 Å². The Bertz CT molecular complexity index is 1250. The van der Waals surface area contributed by atoms with Crippen LogP contribution in [0.25, 0.3) is 0 Å². The van der Waals surface area contributed by atoms with Crippen LogP contribution in [0.3, 0.4) is 0 Å². The number of aromatic nitrogens is 2. The number of fused-ring (bicyclic) bond motifs is 1. The average Bonchev–Trinajstić information content (AvgIpc) is 3.07. The van der Waals surface area contributed by atoms with E-state index >= 15 is 0 Å². The molecular weight excluding hydrogens is 446 g/mol. The van der Waals surface area contributed by atoms with Crippen molar-refractivity contribution in [1.82, 2.24) is 14.1 Å². The van der Waals surface area contributed by atoms with Gasteiger partial charge in [0.2, 0.25) is 10.0 Å². The van der Waals surface area contributed by atoms with Gasteiger partial charge in [0.05, 0.1) is 23.8 Å². The van der Waals surface area contributed by atoms with Crippen molar-refractivity contribution in [2.75, 3.05) is 6.54 Å². The van der Waals surface area contributed by atoms with Crippen molar-refractivity contribution in [3.8, 4) is 0 Å². The first-order chi connectivity index (χ1) is 15.2.